The van der Waals surface area contributed by atoms with Crippen LogP contribution in [0.25, 0.3) is 17.3 Å². The lowest BCUT2D eigenvalue weighted by Gasteiger charge is -2.13. The minimum absolute atomic E-state index is 0.114. The highest BCUT2D eigenvalue weighted by molar-refractivity contribution is 7.07. The van der Waals surface area contributed by atoms with E-state index in [0.717, 1.165) is 11.3 Å². The molecule has 9 nitrogen and oxygen atoms in total. The van der Waals surface area contributed by atoms with E-state index in [0.29, 0.717) is 45.0 Å². The number of hydrogen-bond acceptors (Lipinski definition) is 8. The number of halogens is 2. The molecule has 4 rings (SSSR count). The predicted octanol–water partition coefficient (Wildman–Crippen LogP) is 4.38. The van der Waals surface area contributed by atoms with Crippen molar-refractivity contribution in [2.45, 2.75) is 0 Å². The Labute approximate surface area is 249 Å². The van der Waals surface area contributed by atoms with Gasteiger partial charge in [-0.2, -0.15) is 5.26 Å². The minimum Gasteiger partial charge on any atom is -0.495 e. The molecule has 4 aromatic rings. The molecule has 0 bridgehead atoms. The Morgan fingerprint density at radius 3 is 2.17 bits per heavy atom. The van der Waals surface area contributed by atoms with Gasteiger partial charge < -0.3 is 24.3 Å². The maximum absolute atomic E-state index is 13.8. The molecule has 0 radical (unpaired) electrons. The Bertz CT molecular complexity index is 1840. The van der Waals surface area contributed by atoms with Crippen molar-refractivity contribution in [3.8, 4) is 34.8 Å². The van der Waals surface area contributed by atoms with E-state index in [9.17, 15) is 14.9 Å². The smallest absolute Gasteiger partial charge is 0.273 e. The Morgan fingerprint density at radius 2 is 1.59 bits per heavy atom. The van der Waals surface area contributed by atoms with E-state index >= 15 is 0 Å². The second kappa shape index (κ2) is 12.8. The van der Waals surface area contributed by atoms with E-state index in [1.807, 2.05) is 6.07 Å². The summed E-state index contributed by atoms with van der Waals surface area (Å²) in [5.41, 5.74) is 0.532. The van der Waals surface area contributed by atoms with E-state index in [-0.39, 0.29) is 19.8 Å². The van der Waals surface area contributed by atoms with Gasteiger partial charge in [-0.15, -0.1) is 11.3 Å². The first-order valence-electron chi connectivity index (χ1n) is 11.8. The molecule has 0 aliphatic heterocycles. The maximum Gasteiger partial charge on any atom is 0.273 e. The first-order valence-corrected chi connectivity index (χ1v) is 13.4. The fourth-order valence-electron chi connectivity index (χ4n) is 3.99. The summed E-state index contributed by atoms with van der Waals surface area (Å²) in [7, 11) is 5.92. The predicted molar refractivity (Wildman–Crippen MR) is 159 cm³/mol. The molecular formula is C29H23Cl2N3O6S. The average molecular weight is 612 g/mol. The number of carbonyl (C=O) groups excluding carboxylic acids is 1. The minimum atomic E-state index is -0.729. The Morgan fingerprint density at radius 1 is 0.927 bits per heavy atom. The molecule has 0 fully saturated rings. The van der Waals surface area contributed by atoms with Crippen molar-refractivity contribution >= 4 is 57.8 Å². The summed E-state index contributed by atoms with van der Waals surface area (Å²) in [5.74, 6) is 0.836. The number of aromatic nitrogens is 1. The summed E-state index contributed by atoms with van der Waals surface area (Å²) in [4.78, 5) is 27.1. The third-order valence-electron chi connectivity index (χ3n) is 5.89. The number of anilines is 1. The van der Waals surface area contributed by atoms with Gasteiger partial charge >= 0.3 is 0 Å². The van der Waals surface area contributed by atoms with E-state index in [1.54, 1.807) is 54.6 Å². The maximum atomic E-state index is 13.8. The molecule has 0 saturated carbocycles. The number of hydrogen-bond donors (Lipinski definition) is 1. The molecular weight excluding hydrogens is 589 g/mol. The van der Waals surface area contributed by atoms with E-state index in [1.165, 1.54) is 39.1 Å². The summed E-state index contributed by atoms with van der Waals surface area (Å²) < 4.78 is 23.2. The lowest BCUT2D eigenvalue weighted by atomic mass is 10.1. The van der Waals surface area contributed by atoms with Crippen LogP contribution in [0.5, 0.6) is 23.0 Å². The van der Waals surface area contributed by atoms with E-state index in [4.69, 9.17) is 42.1 Å². The lowest BCUT2D eigenvalue weighted by molar-refractivity contribution is -0.111. The Balaban J connectivity index is 1.97. The zero-order chi connectivity index (χ0) is 29.7. The molecule has 12 heteroatoms. The number of benzene rings is 3. The lowest BCUT2D eigenvalue weighted by Crippen LogP contribution is -2.32. The molecule has 210 valence electrons. The fraction of sp³-hybridized carbons (Fsp3) is 0.138. The third kappa shape index (κ3) is 6.02. The molecule has 0 atom stereocenters. The molecule has 3 aromatic carbocycles. The van der Waals surface area contributed by atoms with Gasteiger partial charge in [-0.05, 0) is 60.7 Å². The molecule has 0 aliphatic carbocycles. The number of amides is 1. The van der Waals surface area contributed by atoms with E-state index in [2.05, 4.69) is 5.32 Å². The van der Waals surface area contributed by atoms with Gasteiger partial charge in [0.1, 0.15) is 16.5 Å². The quantitative estimate of drug-likeness (QED) is 0.315. The van der Waals surface area contributed by atoms with E-state index < -0.39 is 11.5 Å². The van der Waals surface area contributed by atoms with Crippen LogP contribution in [0.3, 0.4) is 0 Å². The van der Waals surface area contributed by atoms with Crippen molar-refractivity contribution in [1.29, 1.82) is 5.26 Å². The van der Waals surface area contributed by atoms with Crippen molar-refractivity contribution in [1.82, 2.24) is 4.57 Å². The molecule has 0 spiro atoms. The molecule has 0 unspecified atom stereocenters. The molecule has 1 aromatic heterocycles. The molecule has 1 heterocycles. The fourth-order valence-corrected chi connectivity index (χ4v) is 5.46. The Hall–Kier alpha value is -4.43. The average Bonchev–Trinajstić information content (AvgIpc) is 3.28. The van der Waals surface area contributed by atoms with Crippen LogP contribution in [-0.2, 0) is 4.79 Å². The van der Waals surface area contributed by atoms with Gasteiger partial charge in [-0.3, -0.25) is 14.2 Å². The number of methoxy groups -OCH3 is 4. The highest BCUT2D eigenvalue weighted by Gasteiger charge is 2.19. The topological polar surface area (TPSA) is 112 Å². The van der Waals surface area contributed by atoms with Crippen molar-refractivity contribution < 1.29 is 23.7 Å². The van der Waals surface area contributed by atoms with Gasteiger partial charge in [0.25, 0.3) is 11.5 Å². The highest BCUT2D eigenvalue weighted by atomic mass is 35.5. The summed E-state index contributed by atoms with van der Waals surface area (Å²) in [6.45, 7) is 0. The van der Waals surface area contributed by atoms with Crippen LogP contribution in [-0.4, -0.2) is 38.9 Å². The number of nitriles is 1. The summed E-state index contributed by atoms with van der Waals surface area (Å²) in [5, 5.41) is 13.5. The van der Waals surface area contributed by atoms with Crippen LogP contribution in [0.1, 0.15) is 5.56 Å². The number of nitrogens with one attached hydrogen (secondary N) is 1. The summed E-state index contributed by atoms with van der Waals surface area (Å²) >= 11 is 13.2. The summed E-state index contributed by atoms with van der Waals surface area (Å²) in [6.07, 6.45) is 1.60. The normalized spacial score (nSPS) is 11.9. The standard InChI is InChI=1S/C29H23Cl2N3O6S/c1-37-22-12-8-18(14-21(22)31)33-27(35)20(15-32)29-34(19-9-6-17(30)7-10-19)28(36)24(41-29)13-16-5-11-23(38-2)26(40-4)25(16)39-3/h5-14H,1-4H3,(H,33,35)/b24-13+,29-20-. The SMILES string of the molecule is COc1ccc(NC(=O)/C(C#N)=c2\s/c(=C/c3ccc(OC)c(OC)c3OC)c(=O)n2-c2ccc(Cl)cc2)cc1Cl. The summed E-state index contributed by atoms with van der Waals surface area (Å²) in [6, 6.07) is 16.5. The Kier molecular flexibility index (Phi) is 9.24. The van der Waals surface area contributed by atoms with Gasteiger partial charge in [0, 0.05) is 16.3 Å². The molecule has 0 saturated heterocycles. The first kappa shape index (κ1) is 29.6. The molecule has 1 amide bonds. The third-order valence-corrected chi connectivity index (χ3v) is 7.53. The van der Waals surface area contributed by atoms with Crippen LogP contribution < -0.4 is 39.0 Å². The van der Waals surface area contributed by atoms with Crippen LogP contribution >= 0.6 is 34.5 Å². The number of nitrogens with zero attached hydrogens (tertiary/aromatic N) is 2. The zero-order valence-corrected chi connectivity index (χ0v) is 24.6. The van der Waals surface area contributed by atoms with Gasteiger partial charge in [-0.1, -0.05) is 23.2 Å². The number of thiazole rings is 1. The monoisotopic (exact) mass is 611 g/mol. The second-order valence-electron chi connectivity index (χ2n) is 8.25. The first-order chi connectivity index (χ1) is 19.8. The van der Waals surface area contributed by atoms with Crippen molar-refractivity contribution in [2.24, 2.45) is 0 Å². The van der Waals surface area contributed by atoms with Crippen LogP contribution in [0.2, 0.25) is 10.0 Å². The van der Waals surface area contributed by atoms with Crippen molar-refractivity contribution in [3.05, 3.63) is 89.8 Å². The zero-order valence-electron chi connectivity index (χ0n) is 22.3. The van der Waals surface area contributed by atoms with Crippen LogP contribution in [0.15, 0.2) is 59.4 Å². The molecule has 1 N–H and O–H groups in total. The van der Waals surface area contributed by atoms with Crippen LogP contribution in [0.4, 0.5) is 5.69 Å². The largest absolute Gasteiger partial charge is 0.495 e. The second-order valence-corrected chi connectivity index (χ2v) is 10.1. The van der Waals surface area contributed by atoms with Crippen molar-refractivity contribution in [2.75, 3.05) is 33.8 Å². The molecule has 41 heavy (non-hydrogen) atoms. The van der Waals surface area contributed by atoms with Gasteiger partial charge in [0.15, 0.2) is 17.1 Å². The van der Waals surface area contributed by atoms with Gasteiger partial charge in [0.05, 0.1) is 43.7 Å². The number of carbonyl (C=O) groups is 1. The molecule has 0 aliphatic rings. The van der Waals surface area contributed by atoms with Crippen molar-refractivity contribution in [3.63, 3.8) is 0 Å². The number of rotatable bonds is 8. The highest BCUT2D eigenvalue weighted by Crippen LogP contribution is 2.40. The van der Waals surface area contributed by atoms with Gasteiger partial charge in [-0.25, -0.2) is 0 Å². The van der Waals surface area contributed by atoms with Gasteiger partial charge in [0.2, 0.25) is 5.75 Å². The van der Waals surface area contributed by atoms with Crippen LogP contribution in [0, 0.1) is 11.3 Å². The number of ether oxygens (including phenoxy) is 4.